The minimum Gasteiger partial charge on any atom is -0.369 e. The van der Waals surface area contributed by atoms with Crippen LogP contribution < -0.4 is 9.80 Å². The lowest BCUT2D eigenvalue weighted by molar-refractivity contribution is -0.119. The number of rotatable bonds is 5. The first-order chi connectivity index (χ1) is 14.4. The van der Waals surface area contributed by atoms with E-state index in [0.29, 0.717) is 6.42 Å². The summed E-state index contributed by atoms with van der Waals surface area (Å²) in [6.45, 7) is 8.77. The first-order valence-corrected chi connectivity index (χ1v) is 11.4. The molecule has 2 aromatic rings. The molecule has 0 atom stereocenters. The minimum absolute atomic E-state index is 0.133. The highest BCUT2D eigenvalue weighted by atomic mass is 16.2. The molecule has 2 heterocycles. The van der Waals surface area contributed by atoms with E-state index in [0.717, 1.165) is 57.5 Å². The number of amides is 1. The molecule has 4 nitrogen and oxygen atoms in total. The molecular formula is C26H35N3O. The van der Waals surface area contributed by atoms with Gasteiger partial charge in [0.2, 0.25) is 5.91 Å². The van der Waals surface area contributed by atoms with Gasteiger partial charge in [0.15, 0.2) is 0 Å². The lowest BCUT2D eigenvalue weighted by atomic mass is 9.86. The van der Waals surface area contributed by atoms with Crippen molar-refractivity contribution in [3.8, 4) is 0 Å². The molecule has 0 aliphatic carbocycles. The van der Waals surface area contributed by atoms with Crippen molar-refractivity contribution in [3.63, 3.8) is 0 Å². The van der Waals surface area contributed by atoms with Gasteiger partial charge in [0.25, 0.3) is 0 Å². The Kier molecular flexibility index (Phi) is 6.14. The van der Waals surface area contributed by atoms with Crippen molar-refractivity contribution in [3.05, 3.63) is 59.7 Å². The van der Waals surface area contributed by atoms with E-state index < -0.39 is 0 Å². The van der Waals surface area contributed by atoms with Gasteiger partial charge in [-0.3, -0.25) is 4.79 Å². The molecule has 0 bridgehead atoms. The van der Waals surface area contributed by atoms with Crippen LogP contribution in [0, 0.1) is 0 Å². The van der Waals surface area contributed by atoms with Gasteiger partial charge in [-0.05, 0) is 75.9 Å². The third-order valence-corrected chi connectivity index (χ3v) is 6.73. The van der Waals surface area contributed by atoms with E-state index in [1.165, 1.54) is 16.8 Å². The molecule has 0 aromatic heterocycles. The Bertz CT molecular complexity index is 869. The Morgan fingerprint density at radius 1 is 1.00 bits per heavy atom. The average Bonchev–Trinajstić information content (AvgIpc) is 2.74. The van der Waals surface area contributed by atoms with Crippen LogP contribution >= 0.6 is 0 Å². The molecule has 160 valence electrons. The third kappa shape index (κ3) is 4.54. The number of nitrogens with zero attached hydrogens (tertiary/aromatic N) is 3. The maximum absolute atomic E-state index is 13.3. The van der Waals surface area contributed by atoms with Gasteiger partial charge in [0.1, 0.15) is 0 Å². The first-order valence-electron chi connectivity index (χ1n) is 11.4. The van der Waals surface area contributed by atoms with E-state index in [4.69, 9.17) is 0 Å². The lowest BCUT2D eigenvalue weighted by Gasteiger charge is -2.44. The number of benzene rings is 2. The van der Waals surface area contributed by atoms with E-state index in [1.807, 2.05) is 6.07 Å². The first kappa shape index (κ1) is 20.9. The predicted molar refractivity (Wildman–Crippen MR) is 125 cm³/mol. The Morgan fingerprint density at radius 2 is 1.73 bits per heavy atom. The number of piperazine rings is 1. The zero-order valence-corrected chi connectivity index (χ0v) is 18.7. The van der Waals surface area contributed by atoms with Crippen molar-refractivity contribution in [2.45, 2.75) is 51.5 Å². The molecule has 1 fully saturated rings. The second-order valence-corrected chi connectivity index (χ2v) is 9.48. The fraction of sp³-hybridized carbons (Fsp3) is 0.500. The number of carbonyl (C=O) groups excluding carboxylic acids is 1. The van der Waals surface area contributed by atoms with Crippen LogP contribution in [0.3, 0.4) is 0 Å². The summed E-state index contributed by atoms with van der Waals surface area (Å²) in [5.41, 5.74) is 4.92. The molecule has 4 rings (SSSR count). The van der Waals surface area contributed by atoms with Gasteiger partial charge in [-0.25, -0.2) is 0 Å². The van der Waals surface area contributed by atoms with Crippen LogP contribution in [0.1, 0.15) is 44.2 Å². The summed E-state index contributed by atoms with van der Waals surface area (Å²) in [4.78, 5) is 20.2. The Hall–Kier alpha value is -2.33. The van der Waals surface area contributed by atoms with Gasteiger partial charge in [0, 0.05) is 49.5 Å². The zero-order chi connectivity index (χ0) is 21.1. The highest BCUT2D eigenvalue weighted by molar-refractivity contribution is 5.96. The van der Waals surface area contributed by atoms with Gasteiger partial charge >= 0.3 is 0 Å². The topological polar surface area (TPSA) is 26.8 Å². The van der Waals surface area contributed by atoms with E-state index in [1.54, 1.807) is 0 Å². The van der Waals surface area contributed by atoms with Crippen LogP contribution in [0.25, 0.3) is 0 Å². The number of aryl methyl sites for hydroxylation is 2. The van der Waals surface area contributed by atoms with Crippen molar-refractivity contribution in [1.29, 1.82) is 0 Å². The molecule has 30 heavy (non-hydrogen) atoms. The number of fused-ring (bicyclic) bond motifs is 1. The number of anilines is 2. The van der Waals surface area contributed by atoms with Crippen molar-refractivity contribution in [1.82, 2.24) is 4.90 Å². The van der Waals surface area contributed by atoms with Gasteiger partial charge in [-0.1, -0.05) is 30.3 Å². The molecule has 0 N–H and O–H groups in total. The second kappa shape index (κ2) is 8.81. The molecule has 0 spiro atoms. The van der Waals surface area contributed by atoms with Crippen molar-refractivity contribution < 1.29 is 4.79 Å². The monoisotopic (exact) mass is 405 g/mol. The van der Waals surface area contributed by atoms with Crippen LogP contribution in [-0.4, -0.2) is 49.6 Å². The molecule has 2 aromatic carbocycles. The normalized spacial score (nSPS) is 18.9. The largest absolute Gasteiger partial charge is 0.369 e. The summed E-state index contributed by atoms with van der Waals surface area (Å²) in [5, 5.41) is 0. The van der Waals surface area contributed by atoms with Gasteiger partial charge in [-0.2, -0.15) is 0 Å². The van der Waals surface area contributed by atoms with Crippen LogP contribution in [0.4, 0.5) is 11.4 Å². The highest BCUT2D eigenvalue weighted by Gasteiger charge is 2.36. The van der Waals surface area contributed by atoms with Crippen LogP contribution in [-0.2, 0) is 17.6 Å². The van der Waals surface area contributed by atoms with Gasteiger partial charge in [-0.15, -0.1) is 0 Å². The van der Waals surface area contributed by atoms with Gasteiger partial charge < -0.3 is 14.7 Å². The summed E-state index contributed by atoms with van der Waals surface area (Å²) >= 11 is 0. The molecule has 1 saturated heterocycles. The second-order valence-electron chi connectivity index (χ2n) is 9.48. The van der Waals surface area contributed by atoms with Crippen LogP contribution in [0.2, 0.25) is 0 Å². The maximum Gasteiger partial charge on any atom is 0.227 e. The Morgan fingerprint density at radius 3 is 2.47 bits per heavy atom. The molecular weight excluding hydrogens is 370 g/mol. The molecule has 0 radical (unpaired) electrons. The average molecular weight is 406 g/mol. The van der Waals surface area contributed by atoms with Crippen molar-refractivity contribution >= 4 is 17.3 Å². The molecule has 0 saturated carbocycles. The van der Waals surface area contributed by atoms with E-state index in [2.05, 4.69) is 78.1 Å². The predicted octanol–water partition coefficient (Wildman–Crippen LogP) is 4.52. The van der Waals surface area contributed by atoms with Crippen molar-refractivity contribution in [2.75, 3.05) is 43.0 Å². The summed E-state index contributed by atoms with van der Waals surface area (Å²) in [5.74, 6) is 0.254. The van der Waals surface area contributed by atoms with Crippen LogP contribution in [0.5, 0.6) is 0 Å². The van der Waals surface area contributed by atoms with Crippen LogP contribution in [0.15, 0.2) is 48.5 Å². The van der Waals surface area contributed by atoms with Gasteiger partial charge in [0.05, 0.1) is 0 Å². The zero-order valence-electron chi connectivity index (χ0n) is 18.7. The number of hydrogen-bond donors (Lipinski definition) is 0. The number of carbonyl (C=O) groups is 1. The fourth-order valence-corrected chi connectivity index (χ4v) is 4.80. The van der Waals surface area contributed by atoms with Crippen molar-refractivity contribution in [2.24, 2.45) is 0 Å². The standard InChI is InChI=1S/C26H35N3O/c1-26(2)15-14-22-20-23(28-18-16-27(3)17-19-28)12-13-24(22)29(26)25(30)11-7-10-21-8-5-4-6-9-21/h4-6,8-9,12-13,20H,7,10-11,14-19H2,1-3H3. The smallest absolute Gasteiger partial charge is 0.227 e. The number of hydrogen-bond acceptors (Lipinski definition) is 3. The molecule has 0 unspecified atom stereocenters. The Labute approximate surface area is 181 Å². The quantitative estimate of drug-likeness (QED) is 0.732. The Balaban J connectivity index is 1.48. The minimum atomic E-state index is -0.133. The fourth-order valence-electron chi connectivity index (χ4n) is 4.80. The van der Waals surface area contributed by atoms with E-state index >= 15 is 0 Å². The third-order valence-electron chi connectivity index (χ3n) is 6.73. The summed E-state index contributed by atoms with van der Waals surface area (Å²) in [7, 11) is 2.19. The molecule has 1 amide bonds. The molecule has 2 aliphatic heterocycles. The molecule has 4 heteroatoms. The highest BCUT2D eigenvalue weighted by Crippen LogP contribution is 2.39. The molecule has 2 aliphatic rings. The summed E-state index contributed by atoms with van der Waals surface area (Å²) in [6, 6.07) is 17.2. The maximum atomic E-state index is 13.3. The summed E-state index contributed by atoms with van der Waals surface area (Å²) < 4.78 is 0. The SMILES string of the molecule is CN1CCN(c2ccc3c(c2)CCC(C)(C)N3C(=O)CCCc2ccccc2)CC1. The lowest BCUT2D eigenvalue weighted by Crippen LogP contribution is -2.51. The summed E-state index contributed by atoms with van der Waals surface area (Å²) in [6.07, 6.45) is 4.49. The van der Waals surface area contributed by atoms with E-state index in [9.17, 15) is 4.79 Å². The van der Waals surface area contributed by atoms with E-state index in [-0.39, 0.29) is 11.4 Å². The number of likely N-dealkylation sites (N-methyl/N-ethyl adjacent to an activating group) is 1.